The minimum atomic E-state index is -0.203. The summed E-state index contributed by atoms with van der Waals surface area (Å²) in [5.41, 5.74) is 1.48. The smallest absolute Gasteiger partial charge is 0.234 e. The second kappa shape index (κ2) is 11.1. The van der Waals surface area contributed by atoms with E-state index in [2.05, 4.69) is 15.5 Å². The van der Waals surface area contributed by atoms with E-state index < -0.39 is 0 Å². The van der Waals surface area contributed by atoms with Crippen LogP contribution in [-0.2, 0) is 18.3 Å². The molecule has 1 amide bonds. The lowest BCUT2D eigenvalue weighted by Crippen LogP contribution is -2.15. The van der Waals surface area contributed by atoms with Crippen molar-refractivity contribution < 1.29 is 9.53 Å². The van der Waals surface area contributed by atoms with E-state index in [9.17, 15) is 4.79 Å². The van der Waals surface area contributed by atoms with Crippen molar-refractivity contribution in [3.8, 4) is 5.75 Å². The average molecular weight is 500 g/mol. The lowest BCUT2D eigenvalue weighted by molar-refractivity contribution is -0.113. The topological polar surface area (TPSA) is 69.0 Å². The molecule has 0 bridgehead atoms. The molecule has 1 aromatic heterocycles. The number of benzene rings is 2. The molecule has 0 fully saturated rings. The highest BCUT2D eigenvalue weighted by Gasteiger charge is 2.13. The molecule has 0 atom stereocenters. The molecule has 0 aliphatic rings. The van der Waals surface area contributed by atoms with Crippen LogP contribution in [0.1, 0.15) is 17.8 Å². The minimum Gasteiger partial charge on any atom is -0.493 e. The van der Waals surface area contributed by atoms with Gasteiger partial charge in [-0.3, -0.25) is 4.79 Å². The zero-order valence-corrected chi connectivity index (χ0v) is 20.1. The highest BCUT2D eigenvalue weighted by molar-refractivity contribution is 7.99. The van der Waals surface area contributed by atoms with Gasteiger partial charge in [-0.2, -0.15) is 0 Å². The van der Waals surface area contributed by atoms with Crippen LogP contribution in [0.5, 0.6) is 5.75 Å². The Bertz CT molecular complexity index is 1070. The Labute approximate surface area is 200 Å². The fraction of sp³-hybridized carbons (Fsp3) is 0.286. The van der Waals surface area contributed by atoms with Crippen LogP contribution in [0.2, 0.25) is 15.1 Å². The van der Waals surface area contributed by atoms with Crippen molar-refractivity contribution in [2.45, 2.75) is 24.9 Å². The van der Waals surface area contributed by atoms with E-state index in [0.717, 1.165) is 23.6 Å². The van der Waals surface area contributed by atoms with Crippen LogP contribution in [0, 0.1) is 6.92 Å². The molecule has 0 unspecified atom stereocenters. The SMILES string of the molecule is Cc1cc(Cl)ccc1OCCCc1nnc(SCC(=O)Nc2cc(Cl)ccc2Cl)n1C. The van der Waals surface area contributed by atoms with Gasteiger partial charge in [0.1, 0.15) is 11.6 Å². The number of nitrogens with one attached hydrogen (secondary N) is 1. The summed E-state index contributed by atoms with van der Waals surface area (Å²) in [6.07, 6.45) is 1.49. The van der Waals surface area contributed by atoms with Gasteiger partial charge in [-0.1, -0.05) is 46.6 Å². The summed E-state index contributed by atoms with van der Waals surface area (Å²) in [4.78, 5) is 12.2. The third-order valence-electron chi connectivity index (χ3n) is 4.40. The summed E-state index contributed by atoms with van der Waals surface area (Å²) in [7, 11) is 1.88. The number of thioether (sulfide) groups is 1. The minimum absolute atomic E-state index is 0.174. The summed E-state index contributed by atoms with van der Waals surface area (Å²) >= 11 is 19.3. The third-order valence-corrected chi connectivity index (χ3v) is 6.22. The molecule has 0 aliphatic heterocycles. The summed E-state index contributed by atoms with van der Waals surface area (Å²) in [5, 5.41) is 13.4. The summed E-state index contributed by atoms with van der Waals surface area (Å²) < 4.78 is 7.71. The zero-order valence-electron chi connectivity index (χ0n) is 17.0. The molecule has 3 aromatic rings. The Kier molecular flexibility index (Phi) is 8.49. The molecular formula is C21H21Cl3N4O2S. The van der Waals surface area contributed by atoms with E-state index >= 15 is 0 Å². The maximum atomic E-state index is 12.2. The van der Waals surface area contributed by atoms with Gasteiger partial charge >= 0.3 is 0 Å². The number of hydrogen-bond acceptors (Lipinski definition) is 5. The highest BCUT2D eigenvalue weighted by atomic mass is 35.5. The predicted octanol–water partition coefficient (Wildman–Crippen LogP) is 5.83. The molecule has 0 radical (unpaired) electrons. The van der Waals surface area contributed by atoms with Gasteiger partial charge in [0.2, 0.25) is 5.91 Å². The van der Waals surface area contributed by atoms with Gasteiger partial charge in [0.05, 0.1) is 23.1 Å². The molecule has 0 saturated carbocycles. The first-order chi connectivity index (χ1) is 14.8. The third kappa shape index (κ3) is 6.77. The Morgan fingerprint density at radius 3 is 2.65 bits per heavy atom. The zero-order chi connectivity index (χ0) is 22.4. The molecule has 6 nitrogen and oxygen atoms in total. The van der Waals surface area contributed by atoms with E-state index in [1.807, 2.05) is 36.7 Å². The number of hydrogen-bond donors (Lipinski definition) is 1. The number of aromatic nitrogens is 3. The van der Waals surface area contributed by atoms with Crippen molar-refractivity contribution in [1.29, 1.82) is 0 Å². The number of carbonyl (C=O) groups is 1. The first kappa shape index (κ1) is 23.7. The molecular weight excluding hydrogens is 479 g/mol. The van der Waals surface area contributed by atoms with Crippen LogP contribution in [-0.4, -0.2) is 33.0 Å². The molecule has 2 aromatic carbocycles. The second-order valence-corrected chi connectivity index (χ2v) is 9.00. The highest BCUT2D eigenvalue weighted by Crippen LogP contribution is 2.26. The molecule has 164 valence electrons. The summed E-state index contributed by atoms with van der Waals surface area (Å²) in [6, 6.07) is 10.5. The van der Waals surface area contributed by atoms with E-state index in [1.54, 1.807) is 18.2 Å². The van der Waals surface area contributed by atoms with Crippen molar-refractivity contribution in [1.82, 2.24) is 14.8 Å². The van der Waals surface area contributed by atoms with E-state index in [1.165, 1.54) is 11.8 Å². The Morgan fingerprint density at radius 2 is 1.87 bits per heavy atom. The normalized spacial score (nSPS) is 10.9. The van der Waals surface area contributed by atoms with Crippen molar-refractivity contribution in [3.63, 3.8) is 0 Å². The molecule has 1 N–H and O–H groups in total. The summed E-state index contributed by atoms with van der Waals surface area (Å²) in [5.74, 6) is 1.63. The van der Waals surface area contributed by atoms with E-state index in [-0.39, 0.29) is 11.7 Å². The average Bonchev–Trinajstić information content (AvgIpc) is 3.07. The largest absolute Gasteiger partial charge is 0.493 e. The van der Waals surface area contributed by atoms with Gasteiger partial charge < -0.3 is 14.6 Å². The molecule has 0 aliphatic carbocycles. The quantitative estimate of drug-likeness (QED) is 0.296. The van der Waals surface area contributed by atoms with Crippen LogP contribution in [0.3, 0.4) is 0 Å². The Hall–Kier alpha value is -1.93. The van der Waals surface area contributed by atoms with Gasteiger partial charge in [-0.25, -0.2) is 0 Å². The number of carbonyl (C=O) groups excluding carboxylic acids is 1. The van der Waals surface area contributed by atoms with Crippen LogP contribution in [0.4, 0.5) is 5.69 Å². The Morgan fingerprint density at radius 1 is 1.13 bits per heavy atom. The Balaban J connectivity index is 1.46. The second-order valence-electron chi connectivity index (χ2n) is 6.78. The summed E-state index contributed by atoms with van der Waals surface area (Å²) in [6.45, 7) is 2.52. The maximum Gasteiger partial charge on any atom is 0.234 e. The van der Waals surface area contributed by atoms with Crippen LogP contribution >= 0.6 is 46.6 Å². The van der Waals surface area contributed by atoms with Crippen LogP contribution in [0.15, 0.2) is 41.6 Å². The lowest BCUT2D eigenvalue weighted by Gasteiger charge is -2.09. The fourth-order valence-corrected chi connectivity index (χ4v) is 4.08. The van der Waals surface area contributed by atoms with Gasteiger partial charge in [0.15, 0.2) is 5.16 Å². The van der Waals surface area contributed by atoms with Crippen molar-refractivity contribution in [2.75, 3.05) is 17.7 Å². The molecule has 10 heteroatoms. The molecule has 0 spiro atoms. The van der Waals surface area contributed by atoms with Gasteiger partial charge in [0, 0.05) is 23.5 Å². The van der Waals surface area contributed by atoms with E-state index in [0.29, 0.717) is 38.9 Å². The standard InChI is InChI=1S/C21H21Cl3N4O2S/c1-13-10-14(22)6-8-18(13)30-9-3-4-19-26-27-21(28(19)2)31-12-20(29)25-17-11-15(23)5-7-16(17)24/h5-8,10-11H,3-4,9,12H2,1-2H3,(H,25,29). The van der Waals surface area contributed by atoms with Crippen molar-refractivity contribution in [2.24, 2.45) is 7.05 Å². The van der Waals surface area contributed by atoms with Crippen molar-refractivity contribution >= 4 is 58.2 Å². The van der Waals surface area contributed by atoms with Crippen LogP contribution < -0.4 is 10.1 Å². The number of nitrogens with zero attached hydrogens (tertiary/aromatic N) is 3. The van der Waals surface area contributed by atoms with Crippen LogP contribution in [0.25, 0.3) is 0 Å². The first-order valence-corrected chi connectivity index (χ1v) is 11.6. The monoisotopic (exact) mass is 498 g/mol. The fourth-order valence-electron chi connectivity index (χ4n) is 2.79. The maximum absolute atomic E-state index is 12.2. The molecule has 0 saturated heterocycles. The van der Waals surface area contributed by atoms with Gasteiger partial charge in [-0.15, -0.1) is 10.2 Å². The van der Waals surface area contributed by atoms with E-state index in [4.69, 9.17) is 39.5 Å². The van der Waals surface area contributed by atoms with Gasteiger partial charge in [0.25, 0.3) is 0 Å². The number of aryl methyl sites for hydroxylation is 2. The number of amides is 1. The number of rotatable bonds is 9. The number of ether oxygens (including phenoxy) is 1. The number of anilines is 1. The first-order valence-electron chi connectivity index (χ1n) is 9.48. The number of halogens is 3. The van der Waals surface area contributed by atoms with Crippen molar-refractivity contribution in [3.05, 3.63) is 62.9 Å². The van der Waals surface area contributed by atoms with Gasteiger partial charge in [-0.05, 0) is 55.3 Å². The molecule has 1 heterocycles. The molecule has 3 rings (SSSR count). The predicted molar refractivity (Wildman–Crippen MR) is 127 cm³/mol. The molecule has 31 heavy (non-hydrogen) atoms. The lowest BCUT2D eigenvalue weighted by atomic mass is 10.2.